The summed E-state index contributed by atoms with van der Waals surface area (Å²) in [6.07, 6.45) is 5.33. The van der Waals surface area contributed by atoms with E-state index >= 15 is 0 Å². The van der Waals surface area contributed by atoms with E-state index < -0.39 is 20.4 Å². The molecule has 7 heteroatoms. The summed E-state index contributed by atoms with van der Waals surface area (Å²) in [5, 5.41) is 0. The minimum absolute atomic E-state index is 0.105. The molecule has 3 rings (SSSR count). The zero-order chi connectivity index (χ0) is 18.6. The summed E-state index contributed by atoms with van der Waals surface area (Å²) in [5.41, 5.74) is 1.01. The van der Waals surface area contributed by atoms with Crippen molar-refractivity contribution in [1.82, 2.24) is 0 Å². The van der Waals surface area contributed by atoms with Crippen LogP contribution in [-0.4, -0.2) is 43.0 Å². The van der Waals surface area contributed by atoms with Gasteiger partial charge in [0.25, 0.3) is 0 Å². The average Bonchev–Trinajstić information content (AvgIpc) is 2.63. The number of aryl methyl sites for hydroxylation is 1. The van der Waals surface area contributed by atoms with Crippen LogP contribution in [0.2, 0.25) is 0 Å². The van der Waals surface area contributed by atoms with Crippen molar-refractivity contribution in [1.29, 1.82) is 0 Å². The first-order valence-electron chi connectivity index (χ1n) is 9.30. The Labute approximate surface area is 163 Å². The highest BCUT2D eigenvalue weighted by Crippen LogP contribution is 2.55. The number of rotatable bonds is 6. The van der Waals surface area contributed by atoms with Gasteiger partial charge in [0.1, 0.15) is 5.78 Å². The molecule has 1 heterocycles. The van der Waals surface area contributed by atoms with E-state index in [1.807, 2.05) is 18.7 Å². The molecule has 0 atom stereocenters. The lowest BCUT2D eigenvalue weighted by Crippen LogP contribution is -2.32. The van der Waals surface area contributed by atoms with Crippen molar-refractivity contribution in [3.05, 3.63) is 29.8 Å². The van der Waals surface area contributed by atoms with E-state index in [0.29, 0.717) is 17.3 Å². The van der Waals surface area contributed by atoms with Gasteiger partial charge in [-0.2, -0.15) is 20.2 Å². The molecule has 2 aliphatic rings. The van der Waals surface area contributed by atoms with Crippen LogP contribution < -0.4 is 0 Å². The number of hydrogen-bond donors (Lipinski definition) is 0. The predicted molar refractivity (Wildman–Crippen MR) is 111 cm³/mol. The first-order chi connectivity index (χ1) is 12.4. The van der Waals surface area contributed by atoms with Gasteiger partial charge >= 0.3 is 10.1 Å². The Kier molecular flexibility index (Phi) is 6.75. The second-order valence-corrected chi connectivity index (χ2v) is 13.5. The number of ketones is 1. The normalized spacial score (nSPS) is 22.7. The summed E-state index contributed by atoms with van der Waals surface area (Å²) < 4.78 is 31.6. The van der Waals surface area contributed by atoms with Crippen LogP contribution >= 0.6 is 22.1 Å². The maximum absolute atomic E-state index is 12.9. The van der Waals surface area contributed by atoms with Crippen molar-refractivity contribution in [2.24, 2.45) is 5.92 Å². The Bertz CT molecular complexity index is 716. The topological polar surface area (TPSA) is 60.4 Å². The summed E-state index contributed by atoms with van der Waals surface area (Å²) in [5.74, 6) is 3.78. The van der Waals surface area contributed by atoms with Crippen LogP contribution in [0.25, 0.3) is 0 Å². The summed E-state index contributed by atoms with van der Waals surface area (Å²) >= 11 is 1.82. The molecule has 1 aliphatic heterocycles. The van der Waals surface area contributed by atoms with E-state index in [9.17, 15) is 13.2 Å². The third-order valence-corrected chi connectivity index (χ3v) is 12.1. The fourth-order valence-electron chi connectivity index (χ4n) is 3.60. The third-order valence-electron chi connectivity index (χ3n) is 5.21. The second-order valence-electron chi connectivity index (χ2n) is 7.27. The molecule has 1 aromatic rings. The van der Waals surface area contributed by atoms with Gasteiger partial charge in [0, 0.05) is 28.9 Å². The van der Waals surface area contributed by atoms with Gasteiger partial charge in [-0.05, 0) is 31.9 Å². The van der Waals surface area contributed by atoms with Gasteiger partial charge in [-0.15, -0.1) is 10.3 Å². The molecule has 4 nitrogen and oxygen atoms in total. The first kappa shape index (κ1) is 20.2. The lowest BCUT2D eigenvalue weighted by molar-refractivity contribution is -0.121. The minimum Gasteiger partial charge on any atom is -0.298 e. The standard InChI is InChI=1S/C19H28O4S3/c1-16-7-9-18(10-8-16)26(21,22)23-25(13-11-24-12-14-25)15-19(20)17-5-3-2-4-6-17/h7-10,17H,2-6,11-15H2,1H3. The number of hydrogen-bond acceptors (Lipinski definition) is 5. The molecule has 0 aromatic heterocycles. The maximum atomic E-state index is 12.9. The van der Waals surface area contributed by atoms with Crippen LogP contribution in [0.4, 0.5) is 0 Å². The minimum atomic E-state index is -3.84. The van der Waals surface area contributed by atoms with Gasteiger partial charge in [-0.3, -0.25) is 4.79 Å². The van der Waals surface area contributed by atoms with E-state index in [2.05, 4.69) is 0 Å². The number of carbonyl (C=O) groups is 1. The van der Waals surface area contributed by atoms with Crippen molar-refractivity contribution < 1.29 is 16.8 Å². The SMILES string of the molecule is Cc1ccc(S(=O)(=O)OS2(CC(=O)C3CCCCC3)CCSCC2)cc1. The number of thioether (sulfide) groups is 1. The largest absolute Gasteiger partial charge is 0.306 e. The molecule has 0 spiro atoms. The van der Waals surface area contributed by atoms with Crippen LogP contribution in [0, 0.1) is 12.8 Å². The highest BCUT2D eigenvalue weighted by molar-refractivity contribution is 8.34. The van der Waals surface area contributed by atoms with Crippen molar-refractivity contribution in [3.63, 3.8) is 0 Å². The van der Waals surface area contributed by atoms with Gasteiger partial charge in [0.2, 0.25) is 0 Å². The van der Waals surface area contributed by atoms with Crippen molar-refractivity contribution in [2.75, 3.05) is 28.8 Å². The summed E-state index contributed by atoms with van der Waals surface area (Å²) in [6.45, 7) is 1.92. The molecule has 0 radical (unpaired) electrons. The molecule has 1 saturated heterocycles. The Morgan fingerprint density at radius 2 is 1.73 bits per heavy atom. The molecule has 0 N–H and O–H groups in total. The summed E-state index contributed by atoms with van der Waals surface area (Å²) in [6, 6.07) is 6.75. The molecule has 1 saturated carbocycles. The number of carbonyl (C=O) groups excluding carboxylic acids is 1. The summed E-state index contributed by atoms with van der Waals surface area (Å²) in [7, 11) is -5.76. The van der Waals surface area contributed by atoms with Crippen LogP contribution in [-0.2, 0) is 18.5 Å². The van der Waals surface area contributed by atoms with Crippen LogP contribution in [0.15, 0.2) is 29.2 Å². The molecule has 146 valence electrons. The quantitative estimate of drug-likeness (QED) is 0.691. The molecule has 0 bridgehead atoms. The van der Waals surface area contributed by atoms with Crippen molar-refractivity contribution >= 4 is 38.0 Å². The Balaban J connectivity index is 1.78. The molecule has 2 fully saturated rings. The molecule has 1 aromatic carbocycles. The lowest BCUT2D eigenvalue weighted by Gasteiger charge is -2.41. The lowest BCUT2D eigenvalue weighted by atomic mass is 9.87. The molecule has 1 aliphatic carbocycles. The molecule has 26 heavy (non-hydrogen) atoms. The highest BCUT2D eigenvalue weighted by Gasteiger charge is 2.37. The van der Waals surface area contributed by atoms with E-state index in [1.54, 1.807) is 24.3 Å². The zero-order valence-electron chi connectivity index (χ0n) is 15.3. The van der Waals surface area contributed by atoms with Gasteiger partial charge in [0.15, 0.2) is 0 Å². The first-order valence-corrected chi connectivity index (χ1v) is 13.9. The van der Waals surface area contributed by atoms with E-state index in [1.165, 1.54) is 6.42 Å². The number of benzene rings is 1. The van der Waals surface area contributed by atoms with Gasteiger partial charge in [-0.1, -0.05) is 37.0 Å². The molecule has 0 unspecified atom stereocenters. The zero-order valence-corrected chi connectivity index (χ0v) is 17.8. The van der Waals surface area contributed by atoms with Gasteiger partial charge in [0.05, 0.1) is 10.6 Å². The maximum Gasteiger partial charge on any atom is 0.306 e. The molecule has 0 amide bonds. The van der Waals surface area contributed by atoms with E-state index in [4.69, 9.17) is 3.63 Å². The van der Waals surface area contributed by atoms with Crippen LogP contribution in [0.3, 0.4) is 0 Å². The van der Waals surface area contributed by atoms with E-state index in [-0.39, 0.29) is 16.6 Å². The summed E-state index contributed by atoms with van der Waals surface area (Å²) in [4.78, 5) is 13.1. The average molecular weight is 417 g/mol. The second kappa shape index (κ2) is 8.67. The Morgan fingerprint density at radius 3 is 2.35 bits per heavy atom. The molecular weight excluding hydrogens is 388 g/mol. The highest BCUT2D eigenvalue weighted by atomic mass is 32.3. The fraction of sp³-hybridized carbons (Fsp3) is 0.632. The number of Topliss-reactive ketones (excluding diaryl/α,β-unsaturated/α-hetero) is 1. The fourth-order valence-corrected chi connectivity index (χ4v) is 11.5. The van der Waals surface area contributed by atoms with Crippen molar-refractivity contribution in [3.8, 4) is 0 Å². The monoisotopic (exact) mass is 416 g/mol. The smallest absolute Gasteiger partial charge is 0.298 e. The van der Waals surface area contributed by atoms with Gasteiger partial charge in [-0.25, -0.2) is 3.63 Å². The predicted octanol–water partition coefficient (Wildman–Crippen LogP) is 4.32. The molecular formula is C19H28O4S3. The van der Waals surface area contributed by atoms with Crippen LogP contribution in [0.5, 0.6) is 0 Å². The van der Waals surface area contributed by atoms with E-state index in [0.717, 1.165) is 42.8 Å². The van der Waals surface area contributed by atoms with Gasteiger partial charge < -0.3 is 0 Å². The third kappa shape index (κ3) is 5.06. The Morgan fingerprint density at radius 1 is 1.12 bits per heavy atom. The van der Waals surface area contributed by atoms with Crippen molar-refractivity contribution in [2.45, 2.75) is 43.9 Å². The Hall–Kier alpha value is -0.500. The van der Waals surface area contributed by atoms with Crippen LogP contribution in [0.1, 0.15) is 37.7 Å².